The fourth-order valence-corrected chi connectivity index (χ4v) is 1.94. The van der Waals surface area contributed by atoms with Gasteiger partial charge in [0.1, 0.15) is 0 Å². The Morgan fingerprint density at radius 1 is 0.857 bits per heavy atom. The monoisotopic (exact) mass is 180 g/mol. The van der Waals surface area contributed by atoms with Crippen LogP contribution in [0.5, 0.6) is 0 Å². The fourth-order valence-electron chi connectivity index (χ4n) is 1.94. The number of carbonyl (C=O) groups excluding carboxylic acids is 1. The highest BCUT2D eigenvalue weighted by Gasteiger charge is 2.03. The quantitative estimate of drug-likeness (QED) is 0.590. The van der Waals surface area contributed by atoms with Crippen LogP contribution in [0, 0.1) is 0 Å². The first kappa shape index (κ1) is 7.51. The molecule has 14 heavy (non-hydrogen) atoms. The van der Waals surface area contributed by atoms with Crippen molar-refractivity contribution in [2.75, 3.05) is 0 Å². The molecular weight excluding hydrogens is 172 g/mol. The second-order valence-electron chi connectivity index (χ2n) is 3.48. The number of fused-ring (bicyclic) bond motifs is 3. The van der Waals surface area contributed by atoms with E-state index in [0.717, 1.165) is 15.8 Å². The van der Waals surface area contributed by atoms with Gasteiger partial charge in [-0.1, -0.05) is 36.4 Å². The van der Waals surface area contributed by atoms with Crippen LogP contribution in [0.4, 0.5) is 0 Å². The van der Waals surface area contributed by atoms with E-state index in [9.17, 15) is 4.79 Å². The Balaban J connectivity index is 2.65. The molecule has 0 aliphatic heterocycles. The molecule has 0 fully saturated rings. The highest BCUT2D eigenvalue weighted by Crippen LogP contribution is 2.07. The predicted octanol–water partition coefficient (Wildman–Crippen LogP) is 0.983. The summed E-state index contributed by atoms with van der Waals surface area (Å²) in [6.45, 7) is 0. The summed E-state index contributed by atoms with van der Waals surface area (Å²) >= 11 is 0. The smallest absolute Gasteiger partial charge is 0.179 e. The molecule has 0 heterocycles. The Hall–Kier alpha value is -1.89. The number of ketones is 1. The Labute approximate surface area is 81.0 Å². The van der Waals surface area contributed by atoms with Crippen molar-refractivity contribution >= 4 is 28.7 Å². The molecule has 1 aliphatic rings. The molecule has 0 amide bonds. The molecule has 1 heteroatoms. The summed E-state index contributed by atoms with van der Waals surface area (Å²) in [6.07, 6.45) is 3.39. The lowest BCUT2D eigenvalue weighted by atomic mass is 10.1. The van der Waals surface area contributed by atoms with Crippen molar-refractivity contribution in [1.29, 1.82) is 0 Å². The van der Waals surface area contributed by atoms with E-state index in [-0.39, 0.29) is 5.78 Å². The highest BCUT2D eigenvalue weighted by atomic mass is 16.1. The van der Waals surface area contributed by atoms with Crippen LogP contribution >= 0.6 is 0 Å². The number of rotatable bonds is 0. The van der Waals surface area contributed by atoms with Gasteiger partial charge in [0.2, 0.25) is 0 Å². The topological polar surface area (TPSA) is 17.1 Å². The van der Waals surface area contributed by atoms with Gasteiger partial charge in [0.05, 0.1) is 0 Å². The zero-order chi connectivity index (χ0) is 9.54. The van der Waals surface area contributed by atoms with Crippen LogP contribution in [0.25, 0.3) is 22.9 Å². The van der Waals surface area contributed by atoms with Crippen LogP contribution in [0.2, 0.25) is 0 Å². The predicted molar refractivity (Wildman–Crippen MR) is 57.1 cm³/mol. The molecule has 0 spiro atoms. The third kappa shape index (κ3) is 0.925. The van der Waals surface area contributed by atoms with Crippen molar-refractivity contribution < 1.29 is 4.79 Å². The minimum Gasteiger partial charge on any atom is -0.290 e. The van der Waals surface area contributed by atoms with E-state index in [1.165, 1.54) is 5.39 Å². The van der Waals surface area contributed by atoms with Crippen molar-refractivity contribution in [3.8, 4) is 0 Å². The summed E-state index contributed by atoms with van der Waals surface area (Å²) in [5, 5.41) is 4.44. The van der Waals surface area contributed by atoms with Gasteiger partial charge in [-0.15, -0.1) is 0 Å². The lowest BCUT2D eigenvalue weighted by Crippen LogP contribution is -2.21. The Kier molecular flexibility index (Phi) is 1.37. The van der Waals surface area contributed by atoms with Crippen molar-refractivity contribution in [2.24, 2.45) is 0 Å². The van der Waals surface area contributed by atoms with Crippen molar-refractivity contribution in [1.82, 2.24) is 0 Å². The first-order valence-corrected chi connectivity index (χ1v) is 4.60. The van der Waals surface area contributed by atoms with Crippen LogP contribution in [0.15, 0.2) is 36.4 Å². The molecule has 1 aliphatic carbocycles. The molecule has 0 N–H and O–H groups in total. The van der Waals surface area contributed by atoms with E-state index >= 15 is 0 Å². The van der Waals surface area contributed by atoms with Gasteiger partial charge < -0.3 is 0 Å². The Morgan fingerprint density at radius 2 is 1.71 bits per heavy atom. The van der Waals surface area contributed by atoms with E-state index in [1.54, 1.807) is 12.2 Å². The van der Waals surface area contributed by atoms with Gasteiger partial charge in [-0.2, -0.15) is 0 Å². The Morgan fingerprint density at radius 3 is 2.64 bits per heavy atom. The average Bonchev–Trinajstić information content (AvgIpc) is 2.59. The average molecular weight is 180 g/mol. The normalized spacial score (nSPS) is 13.6. The Bertz CT molecular complexity index is 650. The summed E-state index contributed by atoms with van der Waals surface area (Å²) in [5.74, 6) is 0.0938. The lowest BCUT2D eigenvalue weighted by Gasteiger charge is -1.96. The van der Waals surface area contributed by atoms with E-state index < -0.39 is 0 Å². The zero-order valence-corrected chi connectivity index (χ0v) is 7.53. The maximum absolute atomic E-state index is 11.2. The van der Waals surface area contributed by atoms with Crippen LogP contribution < -0.4 is 10.4 Å². The van der Waals surface area contributed by atoms with E-state index in [0.29, 0.717) is 0 Å². The molecule has 0 bridgehead atoms. The largest absolute Gasteiger partial charge is 0.290 e. The minimum atomic E-state index is 0.0938. The molecule has 2 aromatic carbocycles. The fraction of sp³-hybridized carbons (Fsp3) is 0. The molecule has 3 rings (SSSR count). The second kappa shape index (κ2) is 2.55. The maximum Gasteiger partial charge on any atom is 0.179 e. The summed E-state index contributed by atoms with van der Waals surface area (Å²) < 4.78 is 0. The van der Waals surface area contributed by atoms with E-state index in [4.69, 9.17) is 0 Å². The van der Waals surface area contributed by atoms with E-state index in [2.05, 4.69) is 18.2 Å². The van der Waals surface area contributed by atoms with Crippen LogP contribution in [-0.4, -0.2) is 5.78 Å². The first-order chi connectivity index (χ1) is 6.84. The van der Waals surface area contributed by atoms with Crippen LogP contribution in [0.3, 0.4) is 0 Å². The summed E-state index contributed by atoms with van der Waals surface area (Å²) in [7, 11) is 0. The molecule has 66 valence electrons. The summed E-state index contributed by atoms with van der Waals surface area (Å²) in [4.78, 5) is 11.2. The second-order valence-corrected chi connectivity index (χ2v) is 3.48. The number of hydrogen-bond acceptors (Lipinski definition) is 1. The van der Waals surface area contributed by atoms with Crippen molar-refractivity contribution in [3.63, 3.8) is 0 Å². The third-order valence-corrected chi connectivity index (χ3v) is 2.59. The van der Waals surface area contributed by atoms with Gasteiger partial charge >= 0.3 is 0 Å². The number of benzene rings is 2. The lowest BCUT2D eigenvalue weighted by molar-refractivity contribution is -0.107. The number of Topliss-reactive ketones (excluding diaryl/α,β-unsaturated/α-hetero) is 1. The third-order valence-electron chi connectivity index (χ3n) is 2.59. The molecule has 1 nitrogen and oxygen atoms in total. The van der Waals surface area contributed by atoms with Gasteiger partial charge in [0, 0.05) is 0 Å². The standard InChI is InChI=1S/C13H8O/c14-11-7-10-6-5-9-3-1-2-4-12(9)13(10)8-11/h1-8H. The number of carbonyl (C=O) groups is 1. The van der Waals surface area contributed by atoms with Gasteiger partial charge in [-0.25, -0.2) is 0 Å². The zero-order valence-electron chi connectivity index (χ0n) is 7.53. The molecule has 2 aromatic rings. The molecule has 0 saturated carbocycles. The highest BCUT2D eigenvalue weighted by molar-refractivity contribution is 6.27. The van der Waals surface area contributed by atoms with Gasteiger partial charge in [-0.05, 0) is 33.4 Å². The van der Waals surface area contributed by atoms with Gasteiger partial charge in [0.25, 0.3) is 0 Å². The van der Waals surface area contributed by atoms with Crippen molar-refractivity contribution in [2.45, 2.75) is 0 Å². The van der Waals surface area contributed by atoms with Gasteiger partial charge in [0.15, 0.2) is 5.78 Å². The molecule has 0 aromatic heterocycles. The number of hydrogen-bond donors (Lipinski definition) is 0. The summed E-state index contributed by atoms with van der Waals surface area (Å²) in [6, 6.07) is 12.2. The molecule has 0 unspecified atom stereocenters. The van der Waals surface area contributed by atoms with Crippen LogP contribution in [0.1, 0.15) is 0 Å². The SMILES string of the molecule is O=C1C=c2ccc3ccccc3c2=C1. The summed E-state index contributed by atoms with van der Waals surface area (Å²) in [5.41, 5.74) is 0. The molecule has 0 atom stereocenters. The molecule has 0 radical (unpaired) electrons. The molecular formula is C13H8O. The van der Waals surface area contributed by atoms with E-state index in [1.807, 2.05) is 18.2 Å². The maximum atomic E-state index is 11.2. The van der Waals surface area contributed by atoms with Crippen molar-refractivity contribution in [3.05, 3.63) is 46.8 Å². The minimum absolute atomic E-state index is 0.0938. The first-order valence-electron chi connectivity index (χ1n) is 4.60. The molecule has 0 saturated heterocycles. The van der Waals surface area contributed by atoms with Gasteiger partial charge in [-0.3, -0.25) is 4.79 Å². The van der Waals surface area contributed by atoms with Crippen LogP contribution in [-0.2, 0) is 4.79 Å².